The highest BCUT2D eigenvalue weighted by molar-refractivity contribution is 6.13. The summed E-state index contributed by atoms with van der Waals surface area (Å²) < 4.78 is 6.20. The molecule has 3 N–H and O–H groups in total. The second kappa shape index (κ2) is 7.43. The van der Waals surface area contributed by atoms with Gasteiger partial charge in [0.05, 0.1) is 40.3 Å². The van der Waals surface area contributed by atoms with E-state index in [0.29, 0.717) is 29.9 Å². The van der Waals surface area contributed by atoms with E-state index in [1.165, 1.54) is 0 Å². The van der Waals surface area contributed by atoms with Gasteiger partial charge >= 0.3 is 0 Å². The third kappa shape index (κ3) is 3.58. The van der Waals surface area contributed by atoms with Gasteiger partial charge in [0.25, 0.3) is 0 Å². The van der Waals surface area contributed by atoms with E-state index < -0.39 is 5.41 Å². The molecular formula is C24H32N6O3. The molecule has 1 amide bonds. The van der Waals surface area contributed by atoms with Gasteiger partial charge < -0.3 is 15.6 Å². The lowest BCUT2D eigenvalue weighted by molar-refractivity contribution is -0.162. The van der Waals surface area contributed by atoms with Crippen molar-refractivity contribution in [1.82, 2.24) is 19.9 Å². The Bertz CT molecular complexity index is 1080. The van der Waals surface area contributed by atoms with Crippen molar-refractivity contribution in [2.45, 2.75) is 95.4 Å². The van der Waals surface area contributed by atoms with Crippen LogP contribution in [0.5, 0.6) is 0 Å². The molecular weight excluding hydrogens is 420 g/mol. The fourth-order valence-corrected chi connectivity index (χ4v) is 6.23. The number of fused-ring (bicyclic) bond motifs is 2. The Balaban J connectivity index is 1.53. The Morgan fingerprint density at radius 2 is 1.70 bits per heavy atom. The van der Waals surface area contributed by atoms with Crippen molar-refractivity contribution in [3.63, 3.8) is 0 Å². The Kier molecular flexibility index (Phi) is 4.99. The van der Waals surface area contributed by atoms with Crippen LogP contribution in [0.1, 0.15) is 89.4 Å². The van der Waals surface area contributed by atoms with Crippen molar-refractivity contribution in [3.05, 3.63) is 29.6 Å². The van der Waals surface area contributed by atoms with Crippen molar-refractivity contribution >= 4 is 23.2 Å². The molecule has 0 radical (unpaired) electrons. The quantitative estimate of drug-likeness (QED) is 0.726. The van der Waals surface area contributed by atoms with Crippen LogP contribution in [-0.2, 0) is 21.6 Å². The Morgan fingerprint density at radius 1 is 1.09 bits per heavy atom. The van der Waals surface area contributed by atoms with Gasteiger partial charge in [0.1, 0.15) is 24.1 Å². The average Bonchev–Trinajstić information content (AvgIpc) is 3.30. The molecule has 1 saturated carbocycles. The molecule has 1 aliphatic carbocycles. The number of aromatic nitrogens is 4. The number of nitrogens with zero attached hydrogens (tertiary/aromatic N) is 5. The average molecular weight is 453 g/mol. The van der Waals surface area contributed by atoms with E-state index in [4.69, 9.17) is 10.5 Å². The highest BCUT2D eigenvalue weighted by Gasteiger charge is 2.55. The lowest BCUT2D eigenvalue weighted by Gasteiger charge is -2.44. The van der Waals surface area contributed by atoms with Crippen molar-refractivity contribution in [2.24, 2.45) is 0 Å². The molecule has 5 rings (SSSR count). The van der Waals surface area contributed by atoms with Crippen LogP contribution in [0.25, 0.3) is 0 Å². The van der Waals surface area contributed by atoms with Crippen LogP contribution < -0.4 is 10.6 Å². The molecule has 0 bridgehead atoms. The monoisotopic (exact) mass is 452 g/mol. The predicted octanol–water partition coefficient (Wildman–Crippen LogP) is 3.28. The smallest absolute Gasteiger partial charge is 0.243 e. The van der Waals surface area contributed by atoms with E-state index in [2.05, 4.69) is 47.6 Å². The molecule has 0 aromatic carbocycles. The van der Waals surface area contributed by atoms with E-state index in [0.717, 1.165) is 31.5 Å². The second-order valence-electron chi connectivity index (χ2n) is 10.8. The number of carbonyl (C=O) groups is 1. The summed E-state index contributed by atoms with van der Waals surface area (Å²) in [6.45, 7) is 8.04. The van der Waals surface area contributed by atoms with E-state index in [9.17, 15) is 9.90 Å². The van der Waals surface area contributed by atoms with Gasteiger partial charge in [0.2, 0.25) is 5.91 Å². The Morgan fingerprint density at radius 3 is 2.27 bits per heavy atom. The molecule has 1 saturated heterocycles. The minimum absolute atomic E-state index is 0.0595. The zero-order valence-electron chi connectivity index (χ0n) is 19.8. The minimum atomic E-state index is -0.708. The fraction of sp³-hybridized carbons (Fsp3) is 0.625. The standard InChI is InChI=1S/C24H32N6O3/c1-22(2)9-14(10-23(3,4)33-22)19-26-11-15(12-27-19)30-20-17(18(25)28-16(13-31)29-20)24(21(30)32)7-5-6-8-24/h11-12,14,31H,5-10,13H2,1-4H3,(H2,25,28,29). The number of carbonyl (C=O) groups excluding carboxylic acids is 1. The zero-order chi connectivity index (χ0) is 23.6. The zero-order valence-corrected chi connectivity index (χ0v) is 19.8. The first-order valence-corrected chi connectivity index (χ1v) is 11.7. The van der Waals surface area contributed by atoms with Gasteiger partial charge in [-0.05, 0) is 53.4 Å². The van der Waals surface area contributed by atoms with E-state index in [1.54, 1.807) is 17.3 Å². The summed E-state index contributed by atoms with van der Waals surface area (Å²) in [7, 11) is 0. The number of hydrogen-bond acceptors (Lipinski definition) is 8. The molecule has 4 heterocycles. The number of amides is 1. The topological polar surface area (TPSA) is 127 Å². The second-order valence-corrected chi connectivity index (χ2v) is 10.8. The first-order chi connectivity index (χ1) is 15.6. The normalized spacial score (nSPS) is 23.3. The van der Waals surface area contributed by atoms with Gasteiger partial charge in [-0.1, -0.05) is 12.8 Å². The maximum absolute atomic E-state index is 13.8. The van der Waals surface area contributed by atoms with Crippen LogP contribution in [0.2, 0.25) is 0 Å². The van der Waals surface area contributed by atoms with E-state index in [-0.39, 0.29) is 41.3 Å². The molecule has 3 aliphatic rings. The van der Waals surface area contributed by atoms with Gasteiger partial charge in [-0.2, -0.15) is 0 Å². The van der Waals surface area contributed by atoms with Gasteiger partial charge in [0.15, 0.2) is 5.82 Å². The van der Waals surface area contributed by atoms with E-state index >= 15 is 0 Å². The summed E-state index contributed by atoms with van der Waals surface area (Å²) in [6, 6.07) is 0. The van der Waals surface area contributed by atoms with Crippen LogP contribution in [0.4, 0.5) is 17.3 Å². The molecule has 9 heteroatoms. The SMILES string of the molecule is CC1(C)CC(c2ncc(N3C(=O)C4(CCCC4)c4c(N)nc(CO)nc43)cn2)CC(C)(C)O1. The molecule has 2 aromatic heterocycles. The number of aliphatic hydroxyl groups is 1. The fourth-order valence-electron chi connectivity index (χ4n) is 6.23. The number of rotatable bonds is 3. The number of nitrogens with two attached hydrogens (primary N) is 1. The summed E-state index contributed by atoms with van der Waals surface area (Å²) in [4.78, 5) is 33.4. The van der Waals surface area contributed by atoms with Crippen LogP contribution in [0.3, 0.4) is 0 Å². The molecule has 2 aliphatic heterocycles. The molecule has 9 nitrogen and oxygen atoms in total. The van der Waals surface area contributed by atoms with Crippen LogP contribution in [0, 0.1) is 0 Å². The number of anilines is 3. The minimum Gasteiger partial charge on any atom is -0.388 e. The Hall–Kier alpha value is -2.65. The van der Waals surface area contributed by atoms with Crippen molar-refractivity contribution in [1.29, 1.82) is 0 Å². The molecule has 0 atom stereocenters. The Labute approximate surface area is 193 Å². The van der Waals surface area contributed by atoms with Gasteiger partial charge in [-0.25, -0.2) is 19.9 Å². The molecule has 2 fully saturated rings. The number of nitrogen functional groups attached to an aromatic ring is 1. The maximum atomic E-state index is 13.8. The van der Waals surface area contributed by atoms with Gasteiger partial charge in [-0.15, -0.1) is 0 Å². The maximum Gasteiger partial charge on any atom is 0.243 e. The summed E-state index contributed by atoms with van der Waals surface area (Å²) in [6.07, 6.45) is 8.38. The van der Waals surface area contributed by atoms with Crippen molar-refractivity contribution < 1.29 is 14.6 Å². The highest BCUT2D eigenvalue weighted by atomic mass is 16.5. The third-order valence-corrected chi connectivity index (χ3v) is 7.18. The third-order valence-electron chi connectivity index (χ3n) is 7.18. The van der Waals surface area contributed by atoms with Crippen LogP contribution in [-0.4, -0.2) is 42.2 Å². The van der Waals surface area contributed by atoms with Crippen LogP contribution in [0.15, 0.2) is 12.4 Å². The first kappa shape index (κ1) is 22.2. The predicted molar refractivity (Wildman–Crippen MR) is 123 cm³/mol. The van der Waals surface area contributed by atoms with Crippen molar-refractivity contribution in [3.8, 4) is 0 Å². The molecule has 33 heavy (non-hydrogen) atoms. The molecule has 0 unspecified atom stereocenters. The lowest BCUT2D eigenvalue weighted by Crippen LogP contribution is -2.44. The molecule has 176 valence electrons. The number of aliphatic hydroxyl groups excluding tert-OH is 1. The summed E-state index contributed by atoms with van der Waals surface area (Å²) in [5.41, 5.74) is 6.30. The number of ether oxygens (including phenoxy) is 1. The summed E-state index contributed by atoms with van der Waals surface area (Å²) >= 11 is 0. The van der Waals surface area contributed by atoms with Gasteiger partial charge in [0, 0.05) is 5.92 Å². The van der Waals surface area contributed by atoms with Crippen LogP contribution >= 0.6 is 0 Å². The lowest BCUT2D eigenvalue weighted by atomic mass is 9.80. The largest absolute Gasteiger partial charge is 0.388 e. The molecule has 2 aromatic rings. The summed E-state index contributed by atoms with van der Waals surface area (Å²) in [5, 5.41) is 9.62. The van der Waals surface area contributed by atoms with Crippen molar-refractivity contribution in [2.75, 3.05) is 10.6 Å². The first-order valence-electron chi connectivity index (χ1n) is 11.7. The highest BCUT2D eigenvalue weighted by Crippen LogP contribution is 2.54. The summed E-state index contributed by atoms with van der Waals surface area (Å²) in [5.74, 6) is 1.77. The van der Waals surface area contributed by atoms with E-state index in [1.807, 2.05) is 0 Å². The molecule has 1 spiro atoms. The number of hydrogen-bond donors (Lipinski definition) is 2. The van der Waals surface area contributed by atoms with Gasteiger partial charge in [-0.3, -0.25) is 9.69 Å².